The molecule has 0 saturated carbocycles. The molecule has 0 aliphatic carbocycles. The second-order valence-electron chi connectivity index (χ2n) is 6.62. The van der Waals surface area contributed by atoms with Gasteiger partial charge in [0, 0.05) is 30.7 Å². The Balaban J connectivity index is 1.97. The first-order valence-corrected chi connectivity index (χ1v) is 9.41. The monoisotopic (exact) mass is 349 g/mol. The van der Waals surface area contributed by atoms with Crippen LogP contribution in [0.1, 0.15) is 55.5 Å². The highest BCUT2D eigenvalue weighted by Gasteiger charge is 2.17. The molecule has 1 aromatic rings. The van der Waals surface area contributed by atoms with Crippen LogP contribution in [0.25, 0.3) is 0 Å². The molecule has 5 nitrogen and oxygen atoms in total. The molecule has 1 aliphatic rings. The summed E-state index contributed by atoms with van der Waals surface area (Å²) in [4.78, 5) is 14.2. The molecule has 0 radical (unpaired) electrons. The van der Waals surface area contributed by atoms with Crippen molar-refractivity contribution in [2.75, 3.05) is 32.8 Å². The van der Waals surface area contributed by atoms with Crippen molar-refractivity contribution in [3.8, 4) is 5.75 Å². The first-order chi connectivity index (χ1) is 12.1. The number of nitrogens with zero attached hydrogens (tertiary/aromatic N) is 1. The molecule has 1 fully saturated rings. The van der Waals surface area contributed by atoms with E-state index in [9.17, 15) is 9.90 Å². The van der Waals surface area contributed by atoms with Gasteiger partial charge in [-0.2, -0.15) is 0 Å². The molecule has 0 bridgehead atoms. The highest BCUT2D eigenvalue weighted by Crippen LogP contribution is 2.23. The maximum Gasteiger partial charge on any atom is 0.162 e. The highest BCUT2D eigenvalue weighted by atomic mass is 16.5. The second kappa shape index (κ2) is 10.5. The molecule has 1 saturated heterocycles. The van der Waals surface area contributed by atoms with Crippen molar-refractivity contribution in [1.29, 1.82) is 0 Å². The predicted molar refractivity (Wildman–Crippen MR) is 98.2 cm³/mol. The van der Waals surface area contributed by atoms with Gasteiger partial charge in [-0.3, -0.25) is 4.79 Å². The average Bonchev–Trinajstić information content (AvgIpc) is 3.13. The van der Waals surface area contributed by atoms with Gasteiger partial charge in [-0.1, -0.05) is 13.8 Å². The number of carbonyl (C=O) groups is 1. The van der Waals surface area contributed by atoms with Gasteiger partial charge in [0.05, 0.1) is 6.61 Å². The zero-order valence-corrected chi connectivity index (χ0v) is 15.5. The Hall–Kier alpha value is -1.43. The SMILES string of the molecule is CCCOCc1cc(C(=O)CC)ccc1OCC(O)CN1CCCC1. The van der Waals surface area contributed by atoms with E-state index in [1.54, 1.807) is 6.07 Å². The summed E-state index contributed by atoms with van der Waals surface area (Å²) in [6.45, 7) is 8.01. The van der Waals surface area contributed by atoms with E-state index in [0.29, 0.717) is 37.5 Å². The summed E-state index contributed by atoms with van der Waals surface area (Å²) >= 11 is 0. The smallest absolute Gasteiger partial charge is 0.162 e. The number of rotatable bonds is 11. The number of hydrogen-bond acceptors (Lipinski definition) is 5. The van der Waals surface area contributed by atoms with E-state index in [4.69, 9.17) is 9.47 Å². The van der Waals surface area contributed by atoms with Crippen LogP contribution in [-0.2, 0) is 11.3 Å². The molecule has 1 heterocycles. The third-order valence-electron chi connectivity index (χ3n) is 4.41. The lowest BCUT2D eigenvalue weighted by Crippen LogP contribution is -2.33. The van der Waals surface area contributed by atoms with Crippen LogP contribution in [0.3, 0.4) is 0 Å². The van der Waals surface area contributed by atoms with Crippen LogP contribution in [-0.4, -0.2) is 54.7 Å². The largest absolute Gasteiger partial charge is 0.490 e. The fraction of sp³-hybridized carbons (Fsp3) is 0.650. The molecule has 2 rings (SSSR count). The van der Waals surface area contributed by atoms with Crippen LogP contribution in [0.2, 0.25) is 0 Å². The molecular weight excluding hydrogens is 318 g/mol. The van der Waals surface area contributed by atoms with Gasteiger partial charge in [0.25, 0.3) is 0 Å². The molecule has 0 amide bonds. The van der Waals surface area contributed by atoms with E-state index in [1.807, 2.05) is 19.1 Å². The second-order valence-corrected chi connectivity index (χ2v) is 6.62. The number of ether oxygens (including phenoxy) is 2. The van der Waals surface area contributed by atoms with Gasteiger partial charge in [-0.25, -0.2) is 0 Å². The minimum absolute atomic E-state index is 0.109. The van der Waals surface area contributed by atoms with E-state index in [2.05, 4.69) is 11.8 Å². The van der Waals surface area contributed by atoms with Crippen molar-refractivity contribution >= 4 is 5.78 Å². The normalized spacial score (nSPS) is 16.1. The van der Waals surface area contributed by atoms with Crippen molar-refractivity contribution in [3.05, 3.63) is 29.3 Å². The number of aliphatic hydroxyl groups excluding tert-OH is 1. The lowest BCUT2D eigenvalue weighted by atomic mass is 10.1. The summed E-state index contributed by atoms with van der Waals surface area (Å²) in [5.74, 6) is 0.793. The molecule has 1 unspecified atom stereocenters. The number of likely N-dealkylation sites (tertiary alicyclic amines) is 1. The summed E-state index contributed by atoms with van der Waals surface area (Å²) in [5.41, 5.74) is 1.55. The molecule has 1 aromatic carbocycles. The van der Waals surface area contributed by atoms with Crippen LogP contribution in [0, 0.1) is 0 Å². The molecule has 0 aromatic heterocycles. The third kappa shape index (κ3) is 6.42. The molecule has 25 heavy (non-hydrogen) atoms. The zero-order chi connectivity index (χ0) is 18.1. The molecule has 140 valence electrons. The Morgan fingerprint density at radius 2 is 2.04 bits per heavy atom. The summed E-state index contributed by atoms with van der Waals surface area (Å²) in [6.07, 6.45) is 3.32. The minimum atomic E-state index is -0.514. The van der Waals surface area contributed by atoms with Crippen molar-refractivity contribution in [2.45, 2.75) is 52.2 Å². The van der Waals surface area contributed by atoms with Crippen LogP contribution in [0.15, 0.2) is 18.2 Å². The summed E-state index contributed by atoms with van der Waals surface area (Å²) in [7, 11) is 0. The van der Waals surface area contributed by atoms with Crippen LogP contribution in [0.4, 0.5) is 0 Å². The Labute approximate surface area is 150 Å². The Bertz CT molecular complexity index is 540. The van der Waals surface area contributed by atoms with E-state index >= 15 is 0 Å². The summed E-state index contributed by atoms with van der Waals surface area (Å²) < 4.78 is 11.5. The third-order valence-corrected chi connectivity index (χ3v) is 4.41. The average molecular weight is 349 g/mol. The lowest BCUT2D eigenvalue weighted by Gasteiger charge is -2.20. The molecule has 1 N–H and O–H groups in total. The Morgan fingerprint density at radius 3 is 2.72 bits per heavy atom. The number of benzene rings is 1. The van der Waals surface area contributed by atoms with Crippen LogP contribution >= 0.6 is 0 Å². The van der Waals surface area contributed by atoms with Crippen LogP contribution < -0.4 is 4.74 Å². The van der Waals surface area contributed by atoms with E-state index in [1.165, 1.54) is 12.8 Å². The first kappa shape index (κ1) is 19.9. The van der Waals surface area contributed by atoms with Gasteiger partial charge >= 0.3 is 0 Å². The topological polar surface area (TPSA) is 59.0 Å². The van der Waals surface area contributed by atoms with Gasteiger partial charge in [0.2, 0.25) is 0 Å². The molecule has 1 aliphatic heterocycles. The number of ketones is 1. The van der Waals surface area contributed by atoms with Crippen molar-refractivity contribution in [2.24, 2.45) is 0 Å². The molecular formula is C20H31NO4. The van der Waals surface area contributed by atoms with E-state index in [-0.39, 0.29) is 12.4 Å². The standard InChI is InChI=1S/C20H31NO4/c1-3-11-24-14-17-12-16(19(23)4-2)7-8-20(17)25-15-18(22)13-21-9-5-6-10-21/h7-8,12,18,22H,3-6,9-11,13-15H2,1-2H3. The lowest BCUT2D eigenvalue weighted by molar-refractivity contribution is 0.0728. The van der Waals surface area contributed by atoms with Gasteiger partial charge < -0.3 is 19.5 Å². The number of hydrogen-bond donors (Lipinski definition) is 1. The Morgan fingerprint density at radius 1 is 1.28 bits per heavy atom. The molecule has 5 heteroatoms. The maximum atomic E-state index is 11.9. The maximum absolute atomic E-state index is 11.9. The fourth-order valence-corrected chi connectivity index (χ4v) is 3.04. The van der Waals surface area contributed by atoms with Gasteiger partial charge in [-0.15, -0.1) is 0 Å². The number of Topliss-reactive ketones (excluding diaryl/α,β-unsaturated/α-hetero) is 1. The van der Waals surface area contributed by atoms with E-state index < -0.39 is 6.10 Å². The number of aliphatic hydroxyl groups is 1. The fourth-order valence-electron chi connectivity index (χ4n) is 3.04. The van der Waals surface area contributed by atoms with Crippen molar-refractivity contribution < 1.29 is 19.4 Å². The van der Waals surface area contributed by atoms with Crippen molar-refractivity contribution in [1.82, 2.24) is 4.90 Å². The summed E-state index contributed by atoms with van der Waals surface area (Å²) in [5, 5.41) is 10.2. The Kier molecular flexibility index (Phi) is 8.38. The number of β-amino-alcohol motifs (C(OH)–C–C–N with tert-alkyl or cyclic N) is 1. The van der Waals surface area contributed by atoms with Crippen LogP contribution in [0.5, 0.6) is 5.75 Å². The molecule has 1 atom stereocenters. The first-order valence-electron chi connectivity index (χ1n) is 9.41. The molecule has 0 spiro atoms. The van der Waals surface area contributed by atoms with Gasteiger partial charge in [-0.05, 0) is 50.6 Å². The van der Waals surface area contributed by atoms with E-state index in [0.717, 1.165) is 25.1 Å². The van der Waals surface area contributed by atoms with Crippen molar-refractivity contribution in [3.63, 3.8) is 0 Å². The van der Waals surface area contributed by atoms with Gasteiger partial charge in [0.1, 0.15) is 18.5 Å². The predicted octanol–water partition coefficient (Wildman–Crippen LogP) is 3.04. The highest BCUT2D eigenvalue weighted by molar-refractivity contribution is 5.96. The van der Waals surface area contributed by atoms with Gasteiger partial charge in [0.15, 0.2) is 5.78 Å². The summed E-state index contributed by atoms with van der Waals surface area (Å²) in [6, 6.07) is 5.46. The quantitative estimate of drug-likeness (QED) is 0.491. The zero-order valence-electron chi connectivity index (χ0n) is 15.5. The minimum Gasteiger partial charge on any atom is -0.490 e. The number of carbonyl (C=O) groups excluding carboxylic acids is 1.